The van der Waals surface area contributed by atoms with Gasteiger partial charge < -0.3 is 38.2 Å². The highest BCUT2D eigenvalue weighted by molar-refractivity contribution is 7.13. The Morgan fingerprint density at radius 2 is 1.28 bits per heavy atom. The average Bonchev–Trinajstić information content (AvgIpc) is 1.62. The van der Waals surface area contributed by atoms with E-state index >= 15 is 0 Å². The van der Waals surface area contributed by atoms with Gasteiger partial charge in [0.25, 0.3) is 0 Å². The lowest BCUT2D eigenvalue weighted by Gasteiger charge is -2.25. The van der Waals surface area contributed by atoms with Gasteiger partial charge in [-0.05, 0) is 153 Å². The highest BCUT2D eigenvalue weighted by Crippen LogP contribution is 2.60. The molecule has 5 aliphatic rings. The summed E-state index contributed by atoms with van der Waals surface area (Å²) in [5.74, 6) is -0.0300. The van der Waals surface area contributed by atoms with E-state index in [-0.39, 0.29) is 91.2 Å². The Morgan fingerprint density at radius 1 is 0.717 bits per heavy atom. The van der Waals surface area contributed by atoms with Crippen LogP contribution in [0.4, 0.5) is 0 Å². The number of esters is 2. The number of fused-ring (bicyclic) bond motifs is 4. The second-order valence-electron chi connectivity index (χ2n) is 28.4. The van der Waals surface area contributed by atoms with Gasteiger partial charge in [0.05, 0.1) is 72.5 Å². The summed E-state index contributed by atoms with van der Waals surface area (Å²) in [6.07, 6.45) is 16.4. The first-order valence-corrected chi connectivity index (χ1v) is 37.3. The summed E-state index contributed by atoms with van der Waals surface area (Å²) in [5, 5.41) is 7.37. The first-order valence-electron chi connectivity index (χ1n) is 35.5. The maximum Gasteiger partial charge on any atom is 0.313 e. The number of unbranched alkanes of at least 4 members (excludes halogenated alkanes) is 2. The van der Waals surface area contributed by atoms with E-state index in [1.54, 1.807) is 73.7 Å². The standard InChI is InChI=1S/C40H51N3O6S.C39H49N3O6S/c1-9-12-13-14-17-43(7)38(45)30-19-27(18-29(30)33(44)22-40(21-26(40)10-2)39(46)48-11-3)49-35-20-31(37-42-32(23-50-37)24(4)5)41-36-25(6)34(47-8)16-15-28(35)36;1-7-47-38(45)39-20-25(39)13-11-9-8-10-12-16-42(5)37(44)29-18-26(17-28(29)32(43)21-39)48-34-19-30(36-41-31(22-49-36)23(2)3)40-35-24(4)33(46-6)15-14-27(34)35/h9-10,15-16,20,23-24,26-27,29-30H,1-2,11-14,17-19,21-22H2,3-8H3;11,13-15,19,22-23,25-26,28-29H,7-10,12,16-18,20-21H2,1-6H3/b;13-11-/t26-,27-,29-,30-,40-;25-,26-,28-,29-,39-/m11/s1. The molecule has 0 unspecified atom stereocenters. The Morgan fingerprint density at radius 3 is 1.82 bits per heavy atom. The maximum atomic E-state index is 14.3. The van der Waals surface area contributed by atoms with Crippen LogP contribution < -0.4 is 18.9 Å². The van der Waals surface area contributed by atoms with Gasteiger partial charge >= 0.3 is 11.9 Å². The highest BCUT2D eigenvalue weighted by atomic mass is 32.1. The van der Waals surface area contributed by atoms with E-state index in [9.17, 15) is 28.8 Å². The molecule has 0 saturated heterocycles. The molecule has 0 radical (unpaired) electrons. The number of aryl methyl sites for hydroxylation is 2. The van der Waals surface area contributed by atoms with E-state index < -0.39 is 40.6 Å². The van der Waals surface area contributed by atoms with Crippen LogP contribution >= 0.6 is 22.7 Å². The minimum Gasteiger partial charge on any atom is -0.496 e. The molecule has 18 nitrogen and oxygen atoms in total. The van der Waals surface area contributed by atoms with E-state index in [1.807, 2.05) is 63.4 Å². The molecule has 0 bridgehead atoms. The number of rotatable bonds is 24. The SMILES string of the molecule is C=CCCCCN(C)C(=O)[C@@H]1C[C@H](Oc2cc(-c3nc(C(C)C)cs3)nc3c(C)c(OC)ccc23)C[C@H]1C(=O)C[C@]1(C(=O)OCC)C[C@H]1C=C.CCOC(=O)[C@]12CC(=O)[C@@H]3C[C@@H](Oc4cc(-c5nc(C(C)C)cs5)nc5c(C)c(OC)ccc45)C[C@H]3C(=O)N(C)CCCCC/C=C\[C@@H]1C2. The number of methoxy groups -OCH3 is 2. The van der Waals surface area contributed by atoms with Crippen LogP contribution in [0.3, 0.4) is 0 Å². The van der Waals surface area contributed by atoms with Gasteiger partial charge in [-0.15, -0.1) is 35.8 Å². The lowest BCUT2D eigenvalue weighted by atomic mass is 9.84. The predicted octanol–water partition coefficient (Wildman–Crippen LogP) is 15.8. The number of benzene rings is 2. The van der Waals surface area contributed by atoms with Crippen LogP contribution in [0.25, 0.3) is 43.2 Å². The van der Waals surface area contributed by atoms with Gasteiger partial charge in [0.2, 0.25) is 11.8 Å². The summed E-state index contributed by atoms with van der Waals surface area (Å²) in [6, 6.07) is 11.6. The zero-order chi connectivity index (χ0) is 71.0. The van der Waals surface area contributed by atoms with Crippen molar-refractivity contribution >= 4 is 79.8 Å². The third kappa shape index (κ3) is 16.2. The third-order valence-corrected chi connectivity index (χ3v) is 22.8. The number of ketones is 2. The summed E-state index contributed by atoms with van der Waals surface area (Å²) in [6.45, 7) is 25.4. The van der Waals surface area contributed by atoms with E-state index in [4.69, 9.17) is 48.4 Å². The number of ether oxygens (including phenoxy) is 6. The molecule has 99 heavy (non-hydrogen) atoms. The van der Waals surface area contributed by atoms with Crippen LogP contribution in [0, 0.1) is 60.2 Å². The van der Waals surface area contributed by atoms with Crippen LogP contribution in [0.5, 0.6) is 23.0 Å². The summed E-state index contributed by atoms with van der Waals surface area (Å²) in [7, 11) is 6.93. The van der Waals surface area contributed by atoms with Gasteiger partial charge in [0.1, 0.15) is 68.2 Å². The second-order valence-corrected chi connectivity index (χ2v) is 30.1. The quantitative estimate of drug-likeness (QED) is 0.0313. The maximum absolute atomic E-state index is 14.3. The number of pyridine rings is 2. The molecule has 20 heteroatoms. The molecule has 11 rings (SSSR count). The van der Waals surface area contributed by atoms with E-state index in [0.717, 1.165) is 111 Å². The molecule has 6 aromatic rings. The van der Waals surface area contributed by atoms with Crippen molar-refractivity contribution < 1.29 is 57.2 Å². The lowest BCUT2D eigenvalue weighted by Crippen LogP contribution is -2.38. The number of carbonyl (C=O) groups is 6. The number of allylic oxidation sites excluding steroid dienone is 4. The first kappa shape index (κ1) is 73.9. The van der Waals surface area contributed by atoms with Gasteiger partial charge in [-0.3, -0.25) is 28.8 Å². The van der Waals surface area contributed by atoms with Gasteiger partial charge in [0, 0.05) is 96.7 Å². The number of aromatic nitrogens is 4. The second kappa shape index (κ2) is 32.2. The summed E-state index contributed by atoms with van der Waals surface area (Å²) in [5.41, 5.74) is 4.94. The Balaban J connectivity index is 0.000000214. The van der Waals surface area contributed by atoms with Gasteiger partial charge in [-0.1, -0.05) is 58.4 Å². The van der Waals surface area contributed by atoms with Gasteiger partial charge in [-0.25, -0.2) is 19.9 Å². The molecule has 1 aliphatic heterocycles. The van der Waals surface area contributed by atoms with Crippen LogP contribution in [0.1, 0.15) is 172 Å². The van der Waals surface area contributed by atoms with E-state index in [2.05, 4.69) is 63.8 Å². The zero-order valence-corrected chi connectivity index (χ0v) is 61.6. The monoisotopic (exact) mass is 1390 g/mol. The molecule has 10 atom stereocenters. The molecule has 5 heterocycles. The van der Waals surface area contributed by atoms with Crippen LogP contribution in [-0.2, 0) is 38.2 Å². The number of hydrogen-bond donors (Lipinski definition) is 0. The molecule has 4 fully saturated rings. The number of amides is 2. The third-order valence-electron chi connectivity index (χ3n) is 21.0. The van der Waals surface area contributed by atoms with E-state index in [1.165, 1.54) is 0 Å². The van der Waals surface area contributed by atoms with Crippen molar-refractivity contribution in [3.63, 3.8) is 0 Å². The van der Waals surface area contributed by atoms with Crippen molar-refractivity contribution in [3.05, 3.63) is 107 Å². The number of carbonyl (C=O) groups excluding carboxylic acids is 6. The minimum absolute atomic E-state index is 0.0187. The van der Waals surface area contributed by atoms with Crippen molar-refractivity contribution in [2.75, 3.05) is 54.6 Å². The molecule has 0 N–H and O–H groups in total. The van der Waals surface area contributed by atoms with Gasteiger partial charge in [0.15, 0.2) is 0 Å². The Bertz CT molecular complexity index is 4010. The van der Waals surface area contributed by atoms with Crippen LogP contribution in [-0.4, -0.2) is 132 Å². The first-order chi connectivity index (χ1) is 47.5. The smallest absolute Gasteiger partial charge is 0.313 e. The fourth-order valence-electron chi connectivity index (χ4n) is 14.9. The normalized spacial score (nSPS) is 24.8. The predicted molar refractivity (Wildman–Crippen MR) is 388 cm³/mol. The fourth-order valence-corrected chi connectivity index (χ4v) is 16.8. The summed E-state index contributed by atoms with van der Waals surface area (Å²) >= 11 is 3.09. The minimum atomic E-state index is -0.909. The van der Waals surface area contributed by atoms with Gasteiger partial charge in [-0.2, -0.15) is 0 Å². The summed E-state index contributed by atoms with van der Waals surface area (Å²) in [4.78, 5) is 106. The zero-order valence-electron chi connectivity index (χ0n) is 59.9. The molecule has 530 valence electrons. The molecule has 2 amide bonds. The van der Waals surface area contributed by atoms with Crippen molar-refractivity contribution in [1.82, 2.24) is 29.7 Å². The molecule has 0 spiro atoms. The largest absolute Gasteiger partial charge is 0.496 e. The average molecular weight is 1390 g/mol. The Hall–Kier alpha value is -7.84. The number of hydrogen-bond acceptors (Lipinski definition) is 18. The van der Waals surface area contributed by atoms with Crippen molar-refractivity contribution in [2.45, 2.75) is 176 Å². The van der Waals surface area contributed by atoms with Crippen molar-refractivity contribution in [1.29, 1.82) is 0 Å². The van der Waals surface area contributed by atoms with Crippen LogP contribution in [0.2, 0.25) is 0 Å². The number of Topliss-reactive ketones (excluding diaryl/α,β-unsaturated/α-hetero) is 2. The highest BCUT2D eigenvalue weighted by Gasteiger charge is 2.63. The number of nitrogens with zero attached hydrogens (tertiary/aromatic N) is 6. The van der Waals surface area contributed by atoms with Crippen LogP contribution in [0.15, 0.2) is 84.6 Å². The molecular formula is C79H100N6O12S2. The Kier molecular flexibility index (Phi) is 24.0. The number of thiazole rings is 2. The fraction of sp³-hybridized carbons (Fsp3) is 0.544. The molecule has 4 aromatic heterocycles. The van der Waals surface area contributed by atoms with E-state index in [0.29, 0.717) is 74.5 Å². The Labute approximate surface area is 591 Å². The molecule has 4 saturated carbocycles. The lowest BCUT2D eigenvalue weighted by molar-refractivity contribution is -0.153. The summed E-state index contributed by atoms with van der Waals surface area (Å²) < 4.78 is 35.8. The molecule has 2 aromatic carbocycles. The molecule has 4 aliphatic carbocycles. The van der Waals surface area contributed by atoms with Crippen molar-refractivity contribution in [3.8, 4) is 44.4 Å². The molecular weight excluding hydrogens is 1290 g/mol. The topological polar surface area (TPSA) is 216 Å². The van der Waals surface area contributed by atoms with Crippen molar-refractivity contribution in [2.24, 2.45) is 46.3 Å².